The van der Waals surface area contributed by atoms with E-state index in [0.717, 1.165) is 86.3 Å². The van der Waals surface area contributed by atoms with Crippen LogP contribution in [0.2, 0.25) is 0 Å². The molecule has 0 aliphatic carbocycles. The van der Waals surface area contributed by atoms with E-state index in [9.17, 15) is 14.7 Å². The summed E-state index contributed by atoms with van der Waals surface area (Å²) in [5.41, 5.74) is 3.46. The standard InChI is InChI=1S/C32H41N3O7/c1-32(2)40-22-25-19-24(13-14-27(25)42-32)28-20-34(31(38)41-28)15-6-3-4-7-16-39-17-8-5-10-23-11-9-12-26(18-23)35-21-29(36)33-30(35)37/h9,11-14,18-19,21,28,36H,3-8,10,15-17,20,22H2,1-2H3,(H,33,37). The van der Waals surface area contributed by atoms with Crippen LogP contribution in [0.3, 0.4) is 0 Å². The minimum Gasteiger partial charge on any atom is -0.493 e. The van der Waals surface area contributed by atoms with Crippen molar-refractivity contribution in [3.63, 3.8) is 0 Å². The van der Waals surface area contributed by atoms with E-state index in [2.05, 4.69) is 4.98 Å². The van der Waals surface area contributed by atoms with Gasteiger partial charge < -0.3 is 29.0 Å². The van der Waals surface area contributed by atoms with Gasteiger partial charge in [-0.15, -0.1) is 0 Å². The molecule has 3 heterocycles. The Bertz CT molecular complexity index is 1410. The summed E-state index contributed by atoms with van der Waals surface area (Å²) in [7, 11) is 0. The molecule has 42 heavy (non-hydrogen) atoms. The van der Waals surface area contributed by atoms with E-state index < -0.39 is 5.79 Å². The van der Waals surface area contributed by atoms with Gasteiger partial charge in [0.15, 0.2) is 0 Å². The number of H-pyrrole nitrogens is 1. The van der Waals surface area contributed by atoms with E-state index >= 15 is 0 Å². The fraction of sp³-hybridized carbons (Fsp3) is 0.500. The zero-order valence-corrected chi connectivity index (χ0v) is 24.5. The zero-order chi connectivity index (χ0) is 29.5. The highest BCUT2D eigenvalue weighted by Gasteiger charge is 2.33. The molecular weight excluding hydrogens is 538 g/mol. The van der Waals surface area contributed by atoms with Gasteiger partial charge in [-0.1, -0.05) is 31.0 Å². The molecule has 3 aromatic rings. The van der Waals surface area contributed by atoms with Crippen molar-refractivity contribution in [2.45, 2.75) is 77.3 Å². The molecule has 0 saturated carbocycles. The Morgan fingerprint density at radius 3 is 2.64 bits per heavy atom. The Morgan fingerprint density at radius 1 is 1.02 bits per heavy atom. The maximum Gasteiger partial charge on any atom is 0.410 e. The largest absolute Gasteiger partial charge is 0.493 e. The van der Waals surface area contributed by atoms with Crippen LogP contribution in [0.15, 0.2) is 53.5 Å². The Balaban J connectivity index is 0.911. The number of carbonyl (C=O) groups is 1. The molecule has 2 aliphatic heterocycles. The lowest BCUT2D eigenvalue weighted by molar-refractivity contribution is -0.180. The number of rotatable bonds is 14. The first-order chi connectivity index (χ1) is 20.3. The number of aromatic nitrogens is 2. The average molecular weight is 580 g/mol. The number of hydrogen-bond donors (Lipinski definition) is 2. The molecule has 0 spiro atoms. The van der Waals surface area contributed by atoms with Crippen molar-refractivity contribution in [1.82, 2.24) is 14.5 Å². The summed E-state index contributed by atoms with van der Waals surface area (Å²) in [6.07, 6.45) is 7.77. The van der Waals surface area contributed by atoms with E-state index in [0.29, 0.717) is 19.7 Å². The average Bonchev–Trinajstić information content (AvgIpc) is 3.51. The van der Waals surface area contributed by atoms with Gasteiger partial charge in [0.2, 0.25) is 11.7 Å². The van der Waals surface area contributed by atoms with Crippen LogP contribution in [0.4, 0.5) is 4.79 Å². The van der Waals surface area contributed by atoms with Crippen molar-refractivity contribution in [3.05, 3.63) is 75.8 Å². The van der Waals surface area contributed by atoms with Crippen LogP contribution in [0.5, 0.6) is 11.6 Å². The van der Waals surface area contributed by atoms with Crippen LogP contribution in [-0.2, 0) is 27.2 Å². The summed E-state index contributed by atoms with van der Waals surface area (Å²) < 4.78 is 24.5. The third kappa shape index (κ3) is 7.74. The quantitative estimate of drug-likeness (QED) is 0.239. The maximum absolute atomic E-state index is 12.4. The molecule has 1 aromatic heterocycles. The predicted molar refractivity (Wildman–Crippen MR) is 157 cm³/mol. The summed E-state index contributed by atoms with van der Waals surface area (Å²) >= 11 is 0. The van der Waals surface area contributed by atoms with Gasteiger partial charge in [-0.05, 0) is 67.5 Å². The fourth-order valence-electron chi connectivity index (χ4n) is 5.35. The Hall–Kier alpha value is -3.76. The number of aryl methyl sites for hydroxylation is 1. The van der Waals surface area contributed by atoms with Crippen LogP contribution in [0.25, 0.3) is 5.69 Å². The first kappa shape index (κ1) is 29.7. The molecule has 1 saturated heterocycles. The Kier molecular flexibility index (Phi) is 9.54. The van der Waals surface area contributed by atoms with Gasteiger partial charge in [0.05, 0.1) is 25.0 Å². The van der Waals surface area contributed by atoms with Crippen molar-refractivity contribution in [3.8, 4) is 17.3 Å². The molecular formula is C32H41N3O7. The second-order valence-corrected chi connectivity index (χ2v) is 11.4. The first-order valence-electron chi connectivity index (χ1n) is 14.9. The lowest BCUT2D eigenvalue weighted by atomic mass is 10.0. The number of amides is 1. The molecule has 0 bridgehead atoms. The molecule has 1 unspecified atom stereocenters. The number of hydrogen-bond acceptors (Lipinski definition) is 7. The second kappa shape index (κ2) is 13.5. The topological polar surface area (TPSA) is 115 Å². The van der Waals surface area contributed by atoms with Crippen LogP contribution < -0.4 is 10.4 Å². The van der Waals surface area contributed by atoms with E-state index in [4.69, 9.17) is 18.9 Å². The van der Waals surface area contributed by atoms with Crippen molar-refractivity contribution in [1.29, 1.82) is 0 Å². The smallest absolute Gasteiger partial charge is 0.410 e. The Morgan fingerprint density at radius 2 is 1.83 bits per heavy atom. The summed E-state index contributed by atoms with van der Waals surface area (Å²) in [6, 6.07) is 13.7. The number of unbranched alkanes of at least 4 members (excludes halogenated alkanes) is 4. The minimum absolute atomic E-state index is 0.147. The highest BCUT2D eigenvalue weighted by Crippen LogP contribution is 2.35. The van der Waals surface area contributed by atoms with Crippen LogP contribution in [0.1, 0.15) is 75.2 Å². The molecule has 0 radical (unpaired) electrons. The van der Waals surface area contributed by atoms with Gasteiger partial charge in [-0.2, -0.15) is 0 Å². The molecule has 226 valence electrons. The number of aromatic hydroxyl groups is 1. The van der Waals surface area contributed by atoms with E-state index in [1.54, 1.807) is 4.90 Å². The summed E-state index contributed by atoms with van der Waals surface area (Å²) in [5.74, 6) is 0.0385. The number of benzene rings is 2. The SMILES string of the molecule is CC1(C)OCc2cc(C3CN(CCCCCCOCCCCc4cccc(-n5cc(O)[nH]c5=O)c4)C(=O)O3)ccc2O1. The summed E-state index contributed by atoms with van der Waals surface area (Å²) in [4.78, 5) is 28.5. The molecule has 2 aliphatic rings. The third-order valence-corrected chi connectivity index (χ3v) is 7.64. The van der Waals surface area contributed by atoms with Gasteiger partial charge in [0.1, 0.15) is 11.9 Å². The number of carbonyl (C=O) groups excluding carboxylic acids is 1. The number of nitrogens with one attached hydrogen (secondary N) is 1. The van der Waals surface area contributed by atoms with Crippen LogP contribution in [0, 0.1) is 0 Å². The predicted octanol–water partition coefficient (Wildman–Crippen LogP) is 5.61. The van der Waals surface area contributed by atoms with Gasteiger partial charge in [-0.3, -0.25) is 9.55 Å². The molecule has 2 aromatic carbocycles. The van der Waals surface area contributed by atoms with Gasteiger partial charge in [0.25, 0.3) is 0 Å². The summed E-state index contributed by atoms with van der Waals surface area (Å²) in [6.45, 7) is 6.99. The van der Waals surface area contributed by atoms with Crippen molar-refractivity contribution >= 4 is 6.09 Å². The van der Waals surface area contributed by atoms with Crippen molar-refractivity contribution in [2.75, 3.05) is 26.3 Å². The molecule has 2 N–H and O–H groups in total. The molecule has 10 heteroatoms. The highest BCUT2D eigenvalue weighted by atomic mass is 16.7. The Labute approximate surface area is 246 Å². The zero-order valence-electron chi connectivity index (χ0n) is 24.5. The van der Waals surface area contributed by atoms with Gasteiger partial charge >= 0.3 is 11.8 Å². The number of nitrogens with zero attached hydrogens (tertiary/aromatic N) is 2. The maximum atomic E-state index is 12.4. The fourth-order valence-corrected chi connectivity index (χ4v) is 5.35. The van der Waals surface area contributed by atoms with Gasteiger partial charge in [-0.25, -0.2) is 9.59 Å². The summed E-state index contributed by atoms with van der Waals surface area (Å²) in [5, 5.41) is 9.49. The van der Waals surface area contributed by atoms with Crippen molar-refractivity contribution < 1.29 is 28.8 Å². The minimum atomic E-state index is -0.631. The van der Waals surface area contributed by atoms with Crippen molar-refractivity contribution in [2.24, 2.45) is 0 Å². The first-order valence-corrected chi connectivity index (χ1v) is 14.9. The normalized spacial score (nSPS) is 17.6. The van der Waals surface area contributed by atoms with Crippen LogP contribution >= 0.6 is 0 Å². The molecule has 1 atom stereocenters. The molecule has 1 amide bonds. The number of cyclic esters (lactones) is 1. The van der Waals surface area contributed by atoms with Gasteiger partial charge in [0, 0.05) is 39.2 Å². The second-order valence-electron chi connectivity index (χ2n) is 11.4. The number of ether oxygens (including phenoxy) is 4. The lowest BCUT2D eigenvalue weighted by Gasteiger charge is -2.32. The van der Waals surface area contributed by atoms with Crippen LogP contribution in [-0.4, -0.2) is 57.7 Å². The lowest BCUT2D eigenvalue weighted by Crippen LogP contribution is -2.35. The molecule has 5 rings (SSSR count). The highest BCUT2D eigenvalue weighted by molar-refractivity contribution is 5.70. The number of imidazole rings is 1. The van der Waals surface area contributed by atoms with E-state index in [1.165, 1.54) is 10.8 Å². The monoisotopic (exact) mass is 579 g/mol. The number of aromatic amines is 1. The van der Waals surface area contributed by atoms with E-state index in [1.807, 2.05) is 56.3 Å². The third-order valence-electron chi connectivity index (χ3n) is 7.64. The molecule has 1 fully saturated rings. The van der Waals surface area contributed by atoms with E-state index in [-0.39, 0.29) is 23.8 Å². The molecule has 10 nitrogen and oxygen atoms in total. The number of fused-ring (bicyclic) bond motifs is 1.